The molecule has 214 valence electrons. The van der Waals surface area contributed by atoms with E-state index in [0.717, 1.165) is 0 Å². The van der Waals surface area contributed by atoms with Crippen molar-refractivity contribution in [3.8, 4) is 0 Å². The standard InChI is InChI=1S/C28H22.2C3H9N.2C2H6/c1-5-13-23(14-6-1)27(24-15-7-2-8-16-24)21-22-28(25-17-9-3-10-18-25)26-19-11-4-12-20-26;2*1-4(2)3;2*1-2/h1-22H;2*1-3H3;2*1-2H3. The van der Waals surface area contributed by atoms with E-state index in [1.54, 1.807) is 0 Å². The van der Waals surface area contributed by atoms with Gasteiger partial charge in [-0.05, 0) is 75.7 Å². The summed E-state index contributed by atoms with van der Waals surface area (Å²) in [4.78, 5) is 4.00. The van der Waals surface area contributed by atoms with Gasteiger partial charge in [-0.3, -0.25) is 0 Å². The smallest absolute Gasteiger partial charge is 0.0111 e. The van der Waals surface area contributed by atoms with Crippen LogP contribution in [0.2, 0.25) is 0 Å². The summed E-state index contributed by atoms with van der Waals surface area (Å²) in [5.74, 6) is 0. The van der Waals surface area contributed by atoms with Gasteiger partial charge in [-0.1, -0.05) is 161 Å². The van der Waals surface area contributed by atoms with Crippen LogP contribution in [0.4, 0.5) is 0 Å². The molecule has 0 spiro atoms. The molecule has 2 nitrogen and oxygen atoms in total. The van der Waals surface area contributed by atoms with E-state index in [9.17, 15) is 0 Å². The Morgan fingerprint density at radius 3 is 0.650 bits per heavy atom. The first-order chi connectivity index (χ1) is 19.4. The maximum absolute atomic E-state index is 2.24. The van der Waals surface area contributed by atoms with Crippen LogP contribution in [0.15, 0.2) is 133 Å². The fourth-order valence-corrected chi connectivity index (χ4v) is 3.36. The van der Waals surface area contributed by atoms with Crippen LogP contribution in [0.1, 0.15) is 49.9 Å². The Labute approximate surface area is 246 Å². The molecule has 0 amide bonds. The summed E-state index contributed by atoms with van der Waals surface area (Å²) in [6.07, 6.45) is 4.47. The van der Waals surface area contributed by atoms with Crippen molar-refractivity contribution in [1.29, 1.82) is 0 Å². The highest BCUT2D eigenvalue weighted by Crippen LogP contribution is 2.27. The Morgan fingerprint density at radius 1 is 0.350 bits per heavy atom. The molecule has 4 aromatic rings. The summed E-state index contributed by atoms with van der Waals surface area (Å²) in [5, 5.41) is 0. The van der Waals surface area contributed by atoms with Gasteiger partial charge >= 0.3 is 0 Å². The minimum absolute atomic E-state index is 1.21. The lowest BCUT2D eigenvalue weighted by atomic mass is 9.94. The van der Waals surface area contributed by atoms with E-state index in [0.29, 0.717) is 0 Å². The molecule has 2 heteroatoms. The zero-order chi connectivity index (χ0) is 30.2. The molecule has 0 heterocycles. The van der Waals surface area contributed by atoms with Crippen LogP contribution in [-0.2, 0) is 0 Å². The zero-order valence-corrected chi connectivity index (χ0v) is 26.6. The van der Waals surface area contributed by atoms with E-state index in [1.165, 1.54) is 33.4 Å². The van der Waals surface area contributed by atoms with Crippen molar-refractivity contribution in [2.24, 2.45) is 0 Å². The van der Waals surface area contributed by atoms with Crippen LogP contribution in [0, 0.1) is 0 Å². The van der Waals surface area contributed by atoms with Crippen molar-refractivity contribution in [3.63, 3.8) is 0 Å². The van der Waals surface area contributed by atoms with E-state index in [1.807, 2.05) is 79.8 Å². The Bertz CT molecular complexity index is 976. The summed E-state index contributed by atoms with van der Waals surface area (Å²) in [7, 11) is 12.0. The monoisotopic (exact) mass is 536 g/mol. The first kappa shape index (κ1) is 36.3. The lowest BCUT2D eigenvalue weighted by Gasteiger charge is -2.10. The van der Waals surface area contributed by atoms with E-state index >= 15 is 0 Å². The van der Waals surface area contributed by atoms with E-state index < -0.39 is 0 Å². The highest BCUT2D eigenvalue weighted by atomic mass is 15.0. The van der Waals surface area contributed by atoms with E-state index in [4.69, 9.17) is 0 Å². The van der Waals surface area contributed by atoms with Gasteiger partial charge in [0.2, 0.25) is 0 Å². The predicted molar refractivity (Wildman–Crippen MR) is 182 cm³/mol. The molecule has 0 aromatic heterocycles. The highest BCUT2D eigenvalue weighted by molar-refractivity contribution is 5.86. The third-order valence-corrected chi connectivity index (χ3v) is 4.76. The highest BCUT2D eigenvalue weighted by Gasteiger charge is 2.06. The fourth-order valence-electron chi connectivity index (χ4n) is 3.36. The van der Waals surface area contributed by atoms with Crippen molar-refractivity contribution in [2.75, 3.05) is 42.3 Å². The van der Waals surface area contributed by atoms with E-state index in [2.05, 4.69) is 133 Å². The number of hydrogen-bond donors (Lipinski definition) is 0. The van der Waals surface area contributed by atoms with Gasteiger partial charge in [-0.25, -0.2) is 0 Å². The van der Waals surface area contributed by atoms with Gasteiger partial charge in [0, 0.05) is 0 Å². The molecule has 0 aliphatic carbocycles. The molecule has 0 fully saturated rings. The molecular formula is C38H52N2. The Hall–Kier alpha value is -3.72. The topological polar surface area (TPSA) is 6.48 Å². The summed E-state index contributed by atoms with van der Waals surface area (Å²) in [6, 6.07) is 42.2. The average Bonchev–Trinajstić information content (AvgIpc) is 2.99. The second-order valence-corrected chi connectivity index (χ2v) is 9.31. The van der Waals surface area contributed by atoms with E-state index in [-0.39, 0.29) is 0 Å². The zero-order valence-electron chi connectivity index (χ0n) is 26.6. The second-order valence-electron chi connectivity index (χ2n) is 9.31. The maximum atomic E-state index is 2.24. The third kappa shape index (κ3) is 15.6. The molecule has 0 aliphatic heterocycles. The van der Waals surface area contributed by atoms with Crippen LogP contribution in [0.5, 0.6) is 0 Å². The fraction of sp³-hybridized carbons (Fsp3) is 0.263. The molecule has 40 heavy (non-hydrogen) atoms. The number of benzene rings is 4. The second kappa shape index (κ2) is 23.2. The predicted octanol–water partition coefficient (Wildman–Crippen LogP) is 9.66. The minimum Gasteiger partial charge on any atom is -0.312 e. The van der Waals surface area contributed by atoms with Crippen LogP contribution in [0.25, 0.3) is 11.1 Å². The summed E-state index contributed by atoms with van der Waals surface area (Å²) in [5.41, 5.74) is 7.28. The Morgan fingerprint density at radius 2 is 0.500 bits per heavy atom. The van der Waals surface area contributed by atoms with Gasteiger partial charge in [0.05, 0.1) is 0 Å². The van der Waals surface area contributed by atoms with Crippen molar-refractivity contribution in [1.82, 2.24) is 9.80 Å². The molecule has 0 N–H and O–H groups in total. The summed E-state index contributed by atoms with van der Waals surface area (Å²) >= 11 is 0. The largest absolute Gasteiger partial charge is 0.312 e. The molecule has 0 saturated heterocycles. The number of allylic oxidation sites excluding steroid dienone is 2. The van der Waals surface area contributed by atoms with Crippen molar-refractivity contribution < 1.29 is 0 Å². The van der Waals surface area contributed by atoms with Crippen LogP contribution in [-0.4, -0.2) is 52.1 Å². The van der Waals surface area contributed by atoms with Crippen molar-refractivity contribution >= 4 is 11.1 Å². The minimum atomic E-state index is 1.21. The SMILES string of the molecule is C(C=C(c1ccccc1)c1ccccc1)=C(c1ccccc1)c1ccccc1.CC.CC.CN(C)C.CN(C)C. The summed E-state index contributed by atoms with van der Waals surface area (Å²) < 4.78 is 0. The van der Waals surface area contributed by atoms with Crippen LogP contribution in [0.3, 0.4) is 0 Å². The van der Waals surface area contributed by atoms with Crippen LogP contribution < -0.4 is 0 Å². The molecule has 4 rings (SSSR count). The lowest BCUT2D eigenvalue weighted by Crippen LogP contribution is -1.99. The van der Waals surface area contributed by atoms with Gasteiger partial charge in [0.15, 0.2) is 0 Å². The molecule has 0 atom stereocenters. The first-order valence-corrected chi connectivity index (χ1v) is 14.2. The first-order valence-electron chi connectivity index (χ1n) is 14.2. The number of hydrogen-bond acceptors (Lipinski definition) is 2. The van der Waals surface area contributed by atoms with Crippen molar-refractivity contribution in [2.45, 2.75) is 27.7 Å². The quantitative estimate of drug-likeness (QED) is 0.234. The normalized spacial score (nSPS) is 9.20. The molecule has 0 bridgehead atoms. The van der Waals surface area contributed by atoms with Gasteiger partial charge in [0.1, 0.15) is 0 Å². The van der Waals surface area contributed by atoms with Crippen molar-refractivity contribution in [3.05, 3.63) is 156 Å². The lowest BCUT2D eigenvalue weighted by molar-refractivity contribution is 0.505. The number of nitrogens with zero attached hydrogens (tertiary/aromatic N) is 2. The Kier molecular flexibility index (Phi) is 21.0. The molecular weight excluding hydrogens is 484 g/mol. The molecule has 0 aliphatic rings. The van der Waals surface area contributed by atoms with Gasteiger partial charge in [0.25, 0.3) is 0 Å². The van der Waals surface area contributed by atoms with Gasteiger partial charge in [-0.15, -0.1) is 0 Å². The van der Waals surface area contributed by atoms with Gasteiger partial charge in [-0.2, -0.15) is 0 Å². The third-order valence-electron chi connectivity index (χ3n) is 4.76. The molecule has 0 unspecified atom stereocenters. The van der Waals surface area contributed by atoms with Crippen LogP contribution >= 0.6 is 0 Å². The maximum Gasteiger partial charge on any atom is -0.0111 e. The molecule has 0 radical (unpaired) electrons. The number of rotatable bonds is 5. The molecule has 4 aromatic carbocycles. The average molecular weight is 537 g/mol. The summed E-state index contributed by atoms with van der Waals surface area (Å²) in [6.45, 7) is 8.00. The molecule has 0 saturated carbocycles. The Balaban J connectivity index is 0.00000109. The van der Waals surface area contributed by atoms with Gasteiger partial charge < -0.3 is 9.80 Å².